The van der Waals surface area contributed by atoms with Gasteiger partial charge in [0.25, 0.3) is 0 Å². The lowest BCUT2D eigenvalue weighted by atomic mass is 9.91. The van der Waals surface area contributed by atoms with Gasteiger partial charge in [-0.15, -0.1) is 0 Å². The van der Waals surface area contributed by atoms with Crippen LogP contribution in [0.5, 0.6) is 5.75 Å². The van der Waals surface area contributed by atoms with E-state index in [9.17, 15) is 5.11 Å². The van der Waals surface area contributed by atoms with Crippen molar-refractivity contribution in [1.29, 1.82) is 0 Å². The second-order valence-electron chi connectivity index (χ2n) is 4.80. The lowest BCUT2D eigenvalue weighted by Gasteiger charge is -2.18. The zero-order valence-corrected chi connectivity index (χ0v) is 9.28. The van der Waals surface area contributed by atoms with E-state index < -0.39 is 0 Å². The van der Waals surface area contributed by atoms with E-state index in [1.54, 1.807) is 6.07 Å². The predicted molar refractivity (Wildman–Crippen MR) is 62.1 cm³/mol. The van der Waals surface area contributed by atoms with Gasteiger partial charge in [0.05, 0.1) is 0 Å². The number of nitrogens with zero attached hydrogens (tertiary/aromatic N) is 1. The molecule has 0 spiro atoms. The van der Waals surface area contributed by atoms with Crippen LogP contribution in [0.1, 0.15) is 26.5 Å². The van der Waals surface area contributed by atoms with Crippen LogP contribution < -0.4 is 0 Å². The molecule has 0 radical (unpaired) electrons. The topological polar surface area (TPSA) is 33.1 Å². The van der Waals surface area contributed by atoms with E-state index in [1.807, 2.05) is 24.3 Å². The Morgan fingerprint density at radius 3 is 2.47 bits per heavy atom. The van der Waals surface area contributed by atoms with Crippen LogP contribution in [-0.2, 0) is 5.41 Å². The first-order valence-electron chi connectivity index (χ1n) is 5.08. The number of phenolic OH excluding ortho intramolecular Hbond substituents is 1. The molecule has 0 unspecified atom stereocenters. The summed E-state index contributed by atoms with van der Waals surface area (Å²) in [6, 6.07) is 9.47. The molecule has 0 aliphatic rings. The minimum Gasteiger partial charge on any atom is -0.506 e. The molecule has 0 saturated heterocycles. The standard InChI is InChI=1S/C13H15NO/c1-13(2,3)11-8-7-9-5-4-6-10(15)12(9)14-11/h4-8,15H,1-3H3. The molecule has 2 nitrogen and oxygen atoms in total. The van der Waals surface area contributed by atoms with Gasteiger partial charge in [0, 0.05) is 16.5 Å². The summed E-state index contributed by atoms with van der Waals surface area (Å²) in [5, 5.41) is 10.7. The highest BCUT2D eigenvalue weighted by Gasteiger charge is 2.16. The molecule has 1 heterocycles. The third-order valence-electron chi connectivity index (χ3n) is 2.47. The highest BCUT2D eigenvalue weighted by molar-refractivity contribution is 5.84. The van der Waals surface area contributed by atoms with Gasteiger partial charge in [0.2, 0.25) is 0 Å². The van der Waals surface area contributed by atoms with Gasteiger partial charge in [-0.2, -0.15) is 0 Å². The second kappa shape index (κ2) is 3.23. The maximum absolute atomic E-state index is 9.70. The molecule has 15 heavy (non-hydrogen) atoms. The summed E-state index contributed by atoms with van der Waals surface area (Å²) in [6.07, 6.45) is 0. The van der Waals surface area contributed by atoms with Crippen LogP contribution in [0.4, 0.5) is 0 Å². The van der Waals surface area contributed by atoms with Gasteiger partial charge in [0.1, 0.15) is 11.3 Å². The summed E-state index contributed by atoms with van der Waals surface area (Å²) in [5.41, 5.74) is 1.69. The Hall–Kier alpha value is -1.57. The van der Waals surface area contributed by atoms with Crippen molar-refractivity contribution in [2.75, 3.05) is 0 Å². The zero-order chi connectivity index (χ0) is 11.1. The smallest absolute Gasteiger partial charge is 0.141 e. The van der Waals surface area contributed by atoms with Crippen molar-refractivity contribution in [2.24, 2.45) is 0 Å². The first-order chi connectivity index (χ1) is 6.98. The minimum atomic E-state index is 0.0104. The van der Waals surface area contributed by atoms with E-state index in [4.69, 9.17) is 0 Å². The Balaban J connectivity index is 2.70. The van der Waals surface area contributed by atoms with E-state index in [1.165, 1.54) is 0 Å². The highest BCUT2D eigenvalue weighted by atomic mass is 16.3. The number of fused-ring (bicyclic) bond motifs is 1. The molecule has 78 valence electrons. The number of phenols is 1. The highest BCUT2D eigenvalue weighted by Crippen LogP contribution is 2.27. The molecule has 2 rings (SSSR count). The van der Waals surface area contributed by atoms with Crippen molar-refractivity contribution < 1.29 is 5.11 Å². The van der Waals surface area contributed by atoms with Gasteiger partial charge in [-0.05, 0) is 12.1 Å². The molecule has 1 aromatic heterocycles. The summed E-state index contributed by atoms with van der Waals surface area (Å²) >= 11 is 0. The minimum absolute atomic E-state index is 0.0104. The van der Waals surface area contributed by atoms with E-state index in [-0.39, 0.29) is 11.2 Å². The van der Waals surface area contributed by atoms with Gasteiger partial charge in [-0.25, -0.2) is 4.98 Å². The Morgan fingerprint density at radius 2 is 1.80 bits per heavy atom. The van der Waals surface area contributed by atoms with Crippen LogP contribution in [0, 0.1) is 0 Å². The summed E-state index contributed by atoms with van der Waals surface area (Å²) in [4.78, 5) is 4.50. The fraction of sp³-hybridized carbons (Fsp3) is 0.308. The average molecular weight is 201 g/mol. The molecular weight excluding hydrogens is 186 g/mol. The van der Waals surface area contributed by atoms with Crippen LogP contribution >= 0.6 is 0 Å². The summed E-state index contributed by atoms with van der Waals surface area (Å²) in [6.45, 7) is 6.34. The zero-order valence-electron chi connectivity index (χ0n) is 9.28. The predicted octanol–water partition coefficient (Wildman–Crippen LogP) is 3.24. The molecule has 0 saturated carbocycles. The fourth-order valence-electron chi connectivity index (χ4n) is 1.55. The molecule has 0 aliphatic heterocycles. The molecule has 2 aromatic rings. The second-order valence-corrected chi connectivity index (χ2v) is 4.80. The Morgan fingerprint density at radius 1 is 1.07 bits per heavy atom. The van der Waals surface area contributed by atoms with E-state index in [2.05, 4.69) is 25.8 Å². The normalized spacial score (nSPS) is 11.9. The van der Waals surface area contributed by atoms with Crippen LogP contribution in [-0.4, -0.2) is 10.1 Å². The van der Waals surface area contributed by atoms with Crippen LogP contribution in [0.15, 0.2) is 30.3 Å². The molecule has 0 aliphatic carbocycles. The van der Waals surface area contributed by atoms with Crippen molar-refractivity contribution in [3.8, 4) is 5.75 Å². The van der Waals surface area contributed by atoms with Crippen molar-refractivity contribution in [2.45, 2.75) is 26.2 Å². The van der Waals surface area contributed by atoms with Gasteiger partial charge in [0.15, 0.2) is 0 Å². The van der Waals surface area contributed by atoms with E-state index in [0.29, 0.717) is 5.52 Å². The molecule has 2 heteroatoms. The number of rotatable bonds is 0. The van der Waals surface area contributed by atoms with Crippen LogP contribution in [0.25, 0.3) is 10.9 Å². The summed E-state index contributed by atoms with van der Waals surface area (Å²) < 4.78 is 0. The van der Waals surface area contributed by atoms with Crippen molar-refractivity contribution in [1.82, 2.24) is 4.98 Å². The van der Waals surface area contributed by atoms with Crippen molar-refractivity contribution >= 4 is 10.9 Å². The number of hydrogen-bond acceptors (Lipinski definition) is 2. The number of para-hydroxylation sites is 1. The molecule has 0 bridgehead atoms. The number of aromatic hydroxyl groups is 1. The Kier molecular flexibility index (Phi) is 2.14. The number of benzene rings is 1. The molecule has 0 amide bonds. The lowest BCUT2D eigenvalue weighted by Crippen LogP contribution is -2.13. The van der Waals surface area contributed by atoms with Gasteiger partial charge in [-0.1, -0.05) is 39.0 Å². The SMILES string of the molecule is CC(C)(C)c1ccc2cccc(O)c2n1. The lowest BCUT2D eigenvalue weighted by molar-refractivity contribution is 0.479. The molecule has 1 aromatic carbocycles. The Labute approximate surface area is 89.6 Å². The molecular formula is C13H15NO. The molecule has 1 N–H and O–H groups in total. The number of pyridine rings is 1. The largest absolute Gasteiger partial charge is 0.506 e. The molecule has 0 fully saturated rings. The van der Waals surface area contributed by atoms with Crippen molar-refractivity contribution in [3.05, 3.63) is 36.0 Å². The van der Waals surface area contributed by atoms with Crippen LogP contribution in [0.3, 0.4) is 0 Å². The molecule has 0 atom stereocenters. The maximum atomic E-state index is 9.70. The number of aromatic nitrogens is 1. The van der Waals surface area contributed by atoms with Gasteiger partial charge in [-0.3, -0.25) is 0 Å². The summed E-state index contributed by atoms with van der Waals surface area (Å²) in [7, 11) is 0. The third kappa shape index (κ3) is 1.80. The first-order valence-corrected chi connectivity index (χ1v) is 5.08. The van der Waals surface area contributed by atoms with Crippen LogP contribution in [0.2, 0.25) is 0 Å². The monoisotopic (exact) mass is 201 g/mol. The van der Waals surface area contributed by atoms with Gasteiger partial charge >= 0.3 is 0 Å². The van der Waals surface area contributed by atoms with Crippen molar-refractivity contribution in [3.63, 3.8) is 0 Å². The fourth-order valence-corrected chi connectivity index (χ4v) is 1.55. The quantitative estimate of drug-likeness (QED) is 0.709. The number of hydrogen-bond donors (Lipinski definition) is 1. The van der Waals surface area contributed by atoms with E-state index in [0.717, 1.165) is 11.1 Å². The maximum Gasteiger partial charge on any atom is 0.141 e. The first kappa shape index (κ1) is 9.97. The van der Waals surface area contributed by atoms with Gasteiger partial charge < -0.3 is 5.11 Å². The van der Waals surface area contributed by atoms with E-state index >= 15 is 0 Å². The summed E-state index contributed by atoms with van der Waals surface area (Å²) in [5.74, 6) is 0.249. The Bertz CT molecular complexity index is 497. The third-order valence-corrected chi connectivity index (χ3v) is 2.47. The average Bonchev–Trinajstić information content (AvgIpc) is 2.16.